The van der Waals surface area contributed by atoms with Gasteiger partial charge in [0.2, 0.25) is 6.29 Å². The van der Waals surface area contributed by atoms with Gasteiger partial charge in [-0.05, 0) is 136 Å². The van der Waals surface area contributed by atoms with Crippen molar-refractivity contribution in [2.24, 2.45) is 28.6 Å². The largest absolute Gasteiger partial charge is 0.493 e. The van der Waals surface area contributed by atoms with Crippen LogP contribution in [0.5, 0.6) is 0 Å². The highest BCUT2D eigenvalue weighted by atomic mass is 16.9. The number of methoxy groups -OCH3 is 5. The number of rotatable bonds is 19. The molecule has 12 rings (SSSR count). The van der Waals surface area contributed by atoms with Crippen LogP contribution in [0.4, 0.5) is 0 Å². The second kappa shape index (κ2) is 30.5. The number of fused-ring (bicyclic) bond motifs is 6. The van der Waals surface area contributed by atoms with Crippen LogP contribution in [0.3, 0.4) is 0 Å². The maximum Gasteiger partial charge on any atom is 0.303 e. The zero-order valence-corrected chi connectivity index (χ0v) is 60.1. The van der Waals surface area contributed by atoms with Gasteiger partial charge in [0.25, 0.3) is 11.8 Å². The monoisotopic (exact) mass is 1400 g/mol. The molecule has 3 saturated carbocycles. The van der Waals surface area contributed by atoms with Crippen molar-refractivity contribution in [3.63, 3.8) is 0 Å². The molecule has 4 aliphatic carbocycles. The lowest BCUT2D eigenvalue weighted by Crippen LogP contribution is -2.62. The van der Waals surface area contributed by atoms with Gasteiger partial charge >= 0.3 is 5.97 Å². The first-order valence-corrected chi connectivity index (χ1v) is 36.0. The lowest BCUT2D eigenvalue weighted by molar-refractivity contribution is -0.447. The molecule has 3 N–H and O–H groups in total. The molecular formula is C71H112O27. The number of esters is 1. The fraction of sp³-hybridized carbons (Fsp3) is 0.915. The van der Waals surface area contributed by atoms with Crippen LogP contribution >= 0.6 is 0 Å². The SMILES string of the molecule is COC1=C[C@@H](C)O[C@@H](O[C@H]2CC[C@@]3(C)C(=CC[C@@H]4[C@@H]3CC[C@@]3(C)[C@H]4CC[C@]3(O)[C@H](C)O[C@H]3C[C@H]4OCO[C@@]5(C[C@@H](OC)[C@H](O[C@H]6C[C@H](OC)[C@H](O[C@H]7C[C@@H](O)[C@H](O[C@H]8C[C@H](OC)[C@H](O[C@@H]9O[C@H](C)[C@H](O)[C@H](OC)[C@H]9OC(C)=O)[C@@H](C)O8)[C@@H](C)O7)[C@@H](C)O6)[C@@H](C)O5)O[C@@H]4[C@@H](C)O3)C2)C1=O. The molecular weight excluding hydrogens is 1280 g/mol. The van der Waals surface area contributed by atoms with Crippen LogP contribution in [-0.2, 0) is 114 Å². The smallest absolute Gasteiger partial charge is 0.303 e. The van der Waals surface area contributed by atoms with Crippen molar-refractivity contribution in [3.05, 3.63) is 23.5 Å². The number of carbonyl (C=O) groups excluding carboxylic acids is 2. The van der Waals surface area contributed by atoms with E-state index in [1.54, 1.807) is 48.2 Å². The summed E-state index contributed by atoms with van der Waals surface area (Å²) in [5.74, 6) is -0.921. The lowest BCUT2D eigenvalue weighted by atomic mass is 9.46. The first-order valence-electron chi connectivity index (χ1n) is 36.0. The Morgan fingerprint density at radius 3 is 1.90 bits per heavy atom. The number of aliphatic hydroxyl groups is 3. The highest BCUT2D eigenvalue weighted by Crippen LogP contribution is 2.68. The van der Waals surface area contributed by atoms with Gasteiger partial charge in [0.1, 0.15) is 42.7 Å². The third kappa shape index (κ3) is 14.7. The maximum absolute atomic E-state index is 13.1. The molecule has 10 fully saturated rings. The first kappa shape index (κ1) is 75.2. The van der Waals surface area contributed by atoms with Crippen molar-refractivity contribution in [1.29, 1.82) is 0 Å². The highest BCUT2D eigenvalue weighted by molar-refractivity contribution is 5.96. The Kier molecular flexibility index (Phi) is 23.4. The molecule has 0 aromatic rings. The third-order valence-corrected chi connectivity index (χ3v) is 24.5. The van der Waals surface area contributed by atoms with Gasteiger partial charge in [0.15, 0.2) is 50.1 Å². The van der Waals surface area contributed by atoms with E-state index in [2.05, 4.69) is 19.9 Å². The van der Waals surface area contributed by atoms with Crippen LogP contribution in [-0.4, -0.2) is 253 Å². The average molecular weight is 1400 g/mol. The van der Waals surface area contributed by atoms with Gasteiger partial charge in [-0.2, -0.15) is 0 Å². The van der Waals surface area contributed by atoms with Crippen LogP contribution in [0, 0.1) is 28.6 Å². The lowest BCUT2D eigenvalue weighted by Gasteiger charge is -2.59. The molecule has 1 spiro atoms. The van der Waals surface area contributed by atoms with Crippen molar-refractivity contribution in [1.82, 2.24) is 0 Å². The zero-order valence-electron chi connectivity index (χ0n) is 60.1. The van der Waals surface area contributed by atoms with Crippen molar-refractivity contribution in [2.45, 2.75) is 343 Å². The van der Waals surface area contributed by atoms with E-state index in [1.165, 1.54) is 26.7 Å². The summed E-state index contributed by atoms with van der Waals surface area (Å²) in [5, 5.41) is 35.4. The summed E-state index contributed by atoms with van der Waals surface area (Å²) >= 11 is 0. The second-order valence-electron chi connectivity index (χ2n) is 30.3. The third-order valence-electron chi connectivity index (χ3n) is 24.5. The molecule has 558 valence electrons. The van der Waals surface area contributed by atoms with E-state index in [9.17, 15) is 24.9 Å². The Labute approximate surface area is 576 Å². The Bertz CT molecular complexity index is 2770. The van der Waals surface area contributed by atoms with Crippen LogP contribution < -0.4 is 0 Å². The fourth-order valence-corrected chi connectivity index (χ4v) is 19.2. The summed E-state index contributed by atoms with van der Waals surface area (Å²) in [4.78, 5) is 25.2. The van der Waals surface area contributed by atoms with Crippen molar-refractivity contribution < 1.29 is 129 Å². The van der Waals surface area contributed by atoms with Crippen LogP contribution in [0.2, 0.25) is 0 Å². The summed E-state index contributed by atoms with van der Waals surface area (Å²) in [6.07, 6.45) is -7.14. The van der Waals surface area contributed by atoms with Gasteiger partial charge in [-0.15, -0.1) is 0 Å². The standard InChI is InChI=1S/C71H112O27/c1-33-25-48(77-12)58(75)66(84-33)92-43-19-22-68(10)42(26-43)17-18-44-45(68)20-23-69(11)46(44)21-24-70(69,76)40(8)90-54-30-51-63(38(6)88-54)98-71(83-32-82-51)31-52(80-15)62(39(7)97-71)95-56-28-49(78-13)60(36(4)86-56)94-53-27-47(73)59(35(3)85-53)93-55-29-50(79-14)61(37(5)87-55)96-67-65(91-41(9)72)64(81-16)57(74)34(2)89-67/h17,25,33-40,43-47,49-57,59-67,73-74,76H,18-24,26-32H2,1-16H3/t33-,34-,35-,36-,37-,38-,39-,40+,43+,44-,45+,46+,47-,49+,50+,51-,52-,53+,54+,55+,56+,57+,59-,60-,61-,62-,63-,64+,65-,66+,67+,68+,69+,70+,71-/m1/s1. The molecule has 8 heterocycles. The van der Waals surface area contributed by atoms with Crippen molar-refractivity contribution in [3.8, 4) is 0 Å². The number of aliphatic hydroxyl groups excluding tert-OH is 2. The molecule has 27 nitrogen and oxygen atoms in total. The number of hydrogen-bond donors (Lipinski definition) is 3. The molecule has 27 heteroatoms. The predicted octanol–water partition coefficient (Wildman–Crippen LogP) is 6.07. The van der Waals surface area contributed by atoms with E-state index in [4.69, 9.17) is 104 Å². The molecule has 7 saturated heterocycles. The minimum atomic E-state index is -1.56. The summed E-state index contributed by atoms with van der Waals surface area (Å²) in [7, 11) is 7.68. The number of ketones is 1. The van der Waals surface area contributed by atoms with Gasteiger partial charge in [0.05, 0.1) is 105 Å². The van der Waals surface area contributed by atoms with Crippen molar-refractivity contribution in [2.75, 3.05) is 42.3 Å². The highest BCUT2D eigenvalue weighted by Gasteiger charge is 2.67. The maximum atomic E-state index is 13.1. The summed E-state index contributed by atoms with van der Waals surface area (Å²) in [6, 6.07) is 0. The quantitative estimate of drug-likeness (QED) is 0.0976. The number of allylic oxidation sites excluding steroid dienone is 1. The van der Waals surface area contributed by atoms with Gasteiger partial charge in [-0.25, -0.2) is 0 Å². The molecule has 0 bridgehead atoms. The molecule has 0 amide bonds. The minimum absolute atomic E-state index is 0.0118. The van der Waals surface area contributed by atoms with Gasteiger partial charge in [0, 0.05) is 66.5 Å². The number of carbonyl (C=O) groups is 2. The first-order chi connectivity index (χ1) is 46.6. The predicted molar refractivity (Wildman–Crippen MR) is 340 cm³/mol. The molecule has 12 aliphatic rings. The number of ether oxygens (including phenoxy) is 22. The van der Waals surface area contributed by atoms with E-state index in [1.807, 2.05) is 34.6 Å². The van der Waals surface area contributed by atoms with Gasteiger partial charge in [-0.1, -0.05) is 25.5 Å². The van der Waals surface area contributed by atoms with E-state index in [0.717, 1.165) is 44.9 Å². The van der Waals surface area contributed by atoms with Crippen LogP contribution in [0.15, 0.2) is 23.5 Å². The van der Waals surface area contributed by atoms with Crippen LogP contribution in [0.1, 0.15) is 160 Å². The van der Waals surface area contributed by atoms with E-state index in [-0.39, 0.29) is 67.1 Å². The molecule has 0 aromatic carbocycles. The van der Waals surface area contributed by atoms with E-state index < -0.39 is 177 Å². The summed E-state index contributed by atoms with van der Waals surface area (Å²) < 4.78 is 138. The second-order valence-corrected chi connectivity index (χ2v) is 30.3. The summed E-state index contributed by atoms with van der Waals surface area (Å²) in [5.41, 5.74) is -0.0278. The number of Topliss-reactive ketones (excluding diaryl/α,β-unsaturated/α-hetero) is 1. The molecule has 35 atom stereocenters. The molecule has 98 heavy (non-hydrogen) atoms. The molecule has 0 radical (unpaired) electrons. The molecule has 8 aliphatic heterocycles. The van der Waals surface area contributed by atoms with Crippen molar-refractivity contribution >= 4 is 11.8 Å². The molecule has 0 aromatic heterocycles. The van der Waals surface area contributed by atoms with E-state index >= 15 is 0 Å². The Morgan fingerprint density at radius 2 is 1.26 bits per heavy atom. The minimum Gasteiger partial charge on any atom is -0.493 e. The molecule has 0 unspecified atom stereocenters. The van der Waals surface area contributed by atoms with Crippen LogP contribution in [0.25, 0.3) is 0 Å². The number of hydrogen-bond acceptors (Lipinski definition) is 27. The summed E-state index contributed by atoms with van der Waals surface area (Å²) in [6.45, 7) is 20.7. The zero-order chi connectivity index (χ0) is 70.1. The van der Waals surface area contributed by atoms with Gasteiger partial charge < -0.3 is 120 Å². The Balaban J connectivity index is 0.603. The van der Waals surface area contributed by atoms with E-state index in [0.29, 0.717) is 30.6 Å². The normalized spacial score (nSPS) is 50.9. The van der Waals surface area contributed by atoms with Gasteiger partial charge in [-0.3, -0.25) is 9.59 Å². The Hall–Kier alpha value is -2.50. The average Bonchev–Trinajstić information content (AvgIpc) is 1.47. The fourth-order valence-electron chi connectivity index (χ4n) is 19.2. The topological polar surface area (TPSA) is 298 Å². The Morgan fingerprint density at radius 1 is 0.633 bits per heavy atom.